The van der Waals surface area contributed by atoms with E-state index in [0.29, 0.717) is 24.9 Å². The first kappa shape index (κ1) is 15.8. The zero-order valence-corrected chi connectivity index (χ0v) is 11.8. The van der Waals surface area contributed by atoms with E-state index in [1.54, 1.807) is 12.1 Å². The molecule has 0 aromatic heterocycles. The van der Waals surface area contributed by atoms with Gasteiger partial charge in [0.05, 0.1) is 0 Å². The number of nitrogens with two attached hydrogens (primary N) is 1. The Morgan fingerprint density at radius 2 is 2.21 bits per heavy atom. The zero-order valence-electron chi connectivity index (χ0n) is 10.2. The highest BCUT2D eigenvalue weighted by Crippen LogP contribution is 2.24. The van der Waals surface area contributed by atoms with Gasteiger partial charge in [-0.25, -0.2) is 0 Å². The summed E-state index contributed by atoms with van der Waals surface area (Å²) >= 11 is 3.24. The average Bonchev–Trinajstić information content (AvgIpc) is 2.36. The van der Waals surface area contributed by atoms with Crippen molar-refractivity contribution in [3.8, 4) is 5.75 Å². The summed E-state index contributed by atoms with van der Waals surface area (Å²) in [5.74, 6) is -0.120. The molecule has 0 radical (unpaired) electrons. The van der Waals surface area contributed by atoms with Gasteiger partial charge >= 0.3 is 6.61 Å². The number of amides is 1. The molecule has 3 N–H and O–H groups in total. The van der Waals surface area contributed by atoms with Crippen molar-refractivity contribution < 1.29 is 18.3 Å². The van der Waals surface area contributed by atoms with E-state index in [4.69, 9.17) is 5.73 Å². The molecule has 1 aromatic rings. The quantitative estimate of drug-likeness (QED) is 0.803. The summed E-state index contributed by atoms with van der Waals surface area (Å²) in [6.45, 7) is -2.33. The predicted molar refractivity (Wildman–Crippen MR) is 70.9 cm³/mol. The van der Waals surface area contributed by atoms with Crippen molar-refractivity contribution in [3.05, 3.63) is 28.2 Å². The highest BCUT2D eigenvalue weighted by atomic mass is 79.9. The number of carbonyl (C=O) groups is 1. The normalized spacial score (nSPS) is 10.6. The molecule has 0 saturated carbocycles. The van der Waals surface area contributed by atoms with Crippen LogP contribution in [-0.4, -0.2) is 19.1 Å². The van der Waals surface area contributed by atoms with Gasteiger partial charge in [-0.1, -0.05) is 15.9 Å². The lowest BCUT2D eigenvalue weighted by Gasteiger charge is -2.12. The molecule has 1 amide bonds. The van der Waals surface area contributed by atoms with E-state index >= 15 is 0 Å². The van der Waals surface area contributed by atoms with E-state index in [0.717, 1.165) is 4.47 Å². The Morgan fingerprint density at radius 3 is 2.84 bits per heavy atom. The van der Waals surface area contributed by atoms with Gasteiger partial charge in [-0.15, -0.1) is 0 Å². The van der Waals surface area contributed by atoms with Gasteiger partial charge in [0.2, 0.25) is 5.91 Å². The largest absolute Gasteiger partial charge is 0.434 e. The third-order valence-corrected chi connectivity index (χ3v) is 2.82. The molecule has 106 valence electrons. The summed E-state index contributed by atoms with van der Waals surface area (Å²) < 4.78 is 29.6. The minimum atomic E-state index is -2.90. The molecule has 4 nitrogen and oxygen atoms in total. The number of alkyl halides is 2. The Hall–Kier alpha value is -1.21. The van der Waals surface area contributed by atoms with Crippen LogP contribution in [0.2, 0.25) is 0 Å². The molecule has 1 rings (SSSR count). The first-order valence-electron chi connectivity index (χ1n) is 5.73. The second-order valence-electron chi connectivity index (χ2n) is 3.80. The Morgan fingerprint density at radius 1 is 1.47 bits per heavy atom. The second kappa shape index (κ2) is 8.06. The first-order chi connectivity index (χ1) is 9.02. The number of halogens is 3. The Kier molecular flexibility index (Phi) is 6.72. The summed E-state index contributed by atoms with van der Waals surface area (Å²) in [4.78, 5) is 11.4. The topological polar surface area (TPSA) is 64.4 Å². The van der Waals surface area contributed by atoms with Crippen LogP contribution in [0.15, 0.2) is 22.7 Å². The molecule has 19 heavy (non-hydrogen) atoms. The number of benzene rings is 1. The summed E-state index contributed by atoms with van der Waals surface area (Å²) in [5, 5.41) is 2.63. The fraction of sp³-hybridized carbons (Fsp3) is 0.417. The smallest absolute Gasteiger partial charge is 0.387 e. The molecule has 0 fully saturated rings. The van der Waals surface area contributed by atoms with Crippen molar-refractivity contribution in [1.82, 2.24) is 5.32 Å². The van der Waals surface area contributed by atoms with Gasteiger partial charge in [-0.3, -0.25) is 4.79 Å². The molecule has 0 aliphatic carbocycles. The molecule has 7 heteroatoms. The van der Waals surface area contributed by atoms with E-state index in [9.17, 15) is 13.6 Å². The lowest BCUT2D eigenvalue weighted by molar-refractivity contribution is -0.121. The van der Waals surface area contributed by atoms with E-state index in [1.807, 2.05) is 0 Å². The van der Waals surface area contributed by atoms with Gasteiger partial charge in [-0.05, 0) is 31.2 Å². The first-order valence-corrected chi connectivity index (χ1v) is 6.52. The summed E-state index contributed by atoms with van der Waals surface area (Å²) in [5.41, 5.74) is 5.78. The lowest BCUT2D eigenvalue weighted by Crippen LogP contribution is -2.23. The number of carbonyl (C=O) groups excluding carboxylic acids is 1. The molecular formula is C12H15BrF2N2O2. The number of rotatable bonds is 7. The highest BCUT2D eigenvalue weighted by Gasteiger charge is 2.11. The molecule has 0 unspecified atom stereocenters. The number of hydrogen-bond donors (Lipinski definition) is 2. The van der Waals surface area contributed by atoms with Crippen LogP contribution in [0.1, 0.15) is 18.4 Å². The van der Waals surface area contributed by atoms with Crippen LogP contribution in [0.3, 0.4) is 0 Å². The van der Waals surface area contributed by atoms with E-state index in [1.165, 1.54) is 6.07 Å². The Bertz CT molecular complexity index is 430. The summed E-state index contributed by atoms with van der Waals surface area (Å²) in [6, 6.07) is 4.65. The van der Waals surface area contributed by atoms with Crippen LogP contribution in [0.4, 0.5) is 8.78 Å². The maximum absolute atomic E-state index is 12.2. The van der Waals surface area contributed by atoms with Crippen molar-refractivity contribution in [2.24, 2.45) is 5.73 Å². The van der Waals surface area contributed by atoms with Gasteiger partial charge in [-0.2, -0.15) is 8.78 Å². The molecule has 0 bridgehead atoms. The van der Waals surface area contributed by atoms with Gasteiger partial charge in [0, 0.05) is 23.0 Å². The highest BCUT2D eigenvalue weighted by molar-refractivity contribution is 9.10. The number of ether oxygens (including phenoxy) is 1. The Labute approximate surface area is 118 Å². The molecule has 1 aromatic carbocycles. The van der Waals surface area contributed by atoms with Crippen molar-refractivity contribution in [2.75, 3.05) is 6.54 Å². The maximum atomic E-state index is 12.2. The van der Waals surface area contributed by atoms with Crippen molar-refractivity contribution >= 4 is 21.8 Å². The van der Waals surface area contributed by atoms with Crippen LogP contribution in [-0.2, 0) is 11.3 Å². The summed E-state index contributed by atoms with van der Waals surface area (Å²) in [6.07, 6.45) is 0.903. The SMILES string of the molecule is NCCCC(=O)NCc1cc(Br)ccc1OC(F)F. The predicted octanol–water partition coefficient (Wildman–Crippen LogP) is 2.41. The van der Waals surface area contributed by atoms with Crippen molar-refractivity contribution in [3.63, 3.8) is 0 Å². The van der Waals surface area contributed by atoms with Crippen molar-refractivity contribution in [2.45, 2.75) is 26.0 Å². The van der Waals surface area contributed by atoms with Crippen LogP contribution in [0.5, 0.6) is 5.75 Å². The fourth-order valence-corrected chi connectivity index (χ4v) is 1.85. The number of nitrogens with one attached hydrogen (secondary N) is 1. The van der Waals surface area contributed by atoms with Crippen molar-refractivity contribution in [1.29, 1.82) is 0 Å². The monoisotopic (exact) mass is 336 g/mol. The van der Waals surface area contributed by atoms with Crippen LogP contribution >= 0.6 is 15.9 Å². The molecule has 0 aliphatic heterocycles. The minimum absolute atomic E-state index is 0.0531. The number of hydrogen-bond acceptors (Lipinski definition) is 3. The van der Waals surface area contributed by atoms with Gasteiger partial charge in [0.1, 0.15) is 5.75 Å². The van der Waals surface area contributed by atoms with Crippen LogP contribution in [0.25, 0.3) is 0 Å². The summed E-state index contributed by atoms with van der Waals surface area (Å²) in [7, 11) is 0. The van der Waals surface area contributed by atoms with Crippen LogP contribution in [0, 0.1) is 0 Å². The third-order valence-electron chi connectivity index (χ3n) is 2.32. The van der Waals surface area contributed by atoms with Gasteiger partial charge in [0.15, 0.2) is 0 Å². The van der Waals surface area contributed by atoms with Crippen LogP contribution < -0.4 is 15.8 Å². The van der Waals surface area contributed by atoms with E-state index < -0.39 is 6.61 Å². The zero-order chi connectivity index (χ0) is 14.3. The minimum Gasteiger partial charge on any atom is -0.434 e. The van der Waals surface area contributed by atoms with Gasteiger partial charge in [0.25, 0.3) is 0 Å². The average molecular weight is 337 g/mol. The fourth-order valence-electron chi connectivity index (χ4n) is 1.44. The maximum Gasteiger partial charge on any atom is 0.387 e. The van der Waals surface area contributed by atoms with E-state index in [-0.39, 0.29) is 18.2 Å². The third kappa shape index (κ3) is 5.98. The molecule has 0 spiro atoms. The van der Waals surface area contributed by atoms with E-state index in [2.05, 4.69) is 26.0 Å². The standard InChI is InChI=1S/C12H15BrF2N2O2/c13-9-3-4-10(19-12(14)15)8(6-9)7-17-11(18)2-1-5-16/h3-4,6,12H,1-2,5,7,16H2,(H,17,18). The molecule has 0 atom stereocenters. The molecule has 0 aliphatic rings. The molecule has 0 heterocycles. The Balaban J connectivity index is 2.65. The molecule has 0 saturated heterocycles. The van der Waals surface area contributed by atoms with Gasteiger partial charge < -0.3 is 15.8 Å². The second-order valence-corrected chi connectivity index (χ2v) is 4.72. The molecular weight excluding hydrogens is 322 g/mol. The lowest BCUT2D eigenvalue weighted by atomic mass is 10.2.